The van der Waals surface area contributed by atoms with Crippen LogP contribution in [0.5, 0.6) is 0 Å². The fourth-order valence-electron chi connectivity index (χ4n) is 3.83. The average Bonchev–Trinajstić information content (AvgIpc) is 2.88. The monoisotopic (exact) mass is 468 g/mol. The van der Waals surface area contributed by atoms with E-state index in [9.17, 15) is 14.4 Å². The van der Waals surface area contributed by atoms with Crippen molar-refractivity contribution in [3.8, 4) is 11.3 Å². The van der Waals surface area contributed by atoms with Gasteiger partial charge in [0, 0.05) is 36.3 Å². The predicted molar refractivity (Wildman–Crippen MR) is 137 cm³/mol. The number of hydrogen-bond acceptors (Lipinski definition) is 4. The number of rotatable bonds is 6. The Morgan fingerprint density at radius 3 is 2.29 bits per heavy atom. The Kier molecular flexibility index (Phi) is 6.82. The van der Waals surface area contributed by atoms with E-state index in [1.807, 2.05) is 56.3 Å². The number of nitrogens with zero attached hydrogens (tertiary/aromatic N) is 1. The summed E-state index contributed by atoms with van der Waals surface area (Å²) < 4.78 is 6.14. The molecule has 0 aliphatic carbocycles. The molecule has 0 saturated carbocycles. The van der Waals surface area contributed by atoms with E-state index in [4.69, 9.17) is 4.42 Å². The number of nitrogens with one attached hydrogen (secondary N) is 1. The summed E-state index contributed by atoms with van der Waals surface area (Å²) >= 11 is 0. The summed E-state index contributed by atoms with van der Waals surface area (Å²) in [4.78, 5) is 40.3. The molecule has 0 bridgehead atoms. The molecule has 0 aliphatic heterocycles. The number of fused-ring (bicyclic) bond motifs is 1. The Morgan fingerprint density at radius 1 is 0.943 bits per heavy atom. The molecule has 0 radical (unpaired) electrons. The van der Waals surface area contributed by atoms with Gasteiger partial charge in [0.25, 0.3) is 11.8 Å². The Bertz CT molecular complexity index is 1440. The topological polar surface area (TPSA) is 79.6 Å². The zero-order valence-corrected chi connectivity index (χ0v) is 20.3. The maximum Gasteiger partial charge on any atom is 0.255 e. The van der Waals surface area contributed by atoms with Gasteiger partial charge >= 0.3 is 0 Å². The van der Waals surface area contributed by atoms with E-state index in [2.05, 4.69) is 5.32 Å². The van der Waals surface area contributed by atoms with Crippen molar-refractivity contribution in [1.82, 2.24) is 10.2 Å². The summed E-state index contributed by atoms with van der Waals surface area (Å²) in [5, 5.41) is 3.26. The summed E-state index contributed by atoms with van der Waals surface area (Å²) in [6.45, 7) is 5.92. The van der Waals surface area contributed by atoms with E-state index in [1.165, 1.54) is 0 Å². The Labute approximate surface area is 204 Å². The van der Waals surface area contributed by atoms with Crippen molar-refractivity contribution < 1.29 is 14.0 Å². The number of hydrogen-bond donors (Lipinski definition) is 1. The van der Waals surface area contributed by atoms with Crippen LogP contribution < -0.4 is 10.7 Å². The number of carbonyl (C=O) groups excluding carboxylic acids is 2. The third-order valence-corrected chi connectivity index (χ3v) is 6.17. The van der Waals surface area contributed by atoms with Crippen LogP contribution in [0.25, 0.3) is 22.3 Å². The summed E-state index contributed by atoms with van der Waals surface area (Å²) in [5.74, 6) is 0.0576. The smallest absolute Gasteiger partial charge is 0.255 e. The van der Waals surface area contributed by atoms with E-state index in [0.29, 0.717) is 27.8 Å². The first-order chi connectivity index (χ1) is 16.8. The number of benzene rings is 3. The predicted octanol–water partition coefficient (Wildman–Crippen LogP) is 5.18. The normalized spacial score (nSPS) is 11.0. The summed E-state index contributed by atoms with van der Waals surface area (Å²) in [5.41, 5.74) is 3.11. The van der Waals surface area contributed by atoms with Gasteiger partial charge in [-0.2, -0.15) is 0 Å². The second-order valence-electron chi connectivity index (χ2n) is 8.82. The number of amides is 2. The third-order valence-electron chi connectivity index (χ3n) is 6.17. The van der Waals surface area contributed by atoms with Gasteiger partial charge in [-0.3, -0.25) is 14.4 Å². The van der Waals surface area contributed by atoms with Crippen LogP contribution in [-0.2, 0) is 6.54 Å². The molecule has 0 fully saturated rings. The van der Waals surface area contributed by atoms with E-state index in [1.54, 1.807) is 49.2 Å². The molecule has 0 unspecified atom stereocenters. The van der Waals surface area contributed by atoms with Gasteiger partial charge in [-0.1, -0.05) is 48.5 Å². The largest absolute Gasteiger partial charge is 0.455 e. The van der Waals surface area contributed by atoms with E-state index >= 15 is 0 Å². The molecule has 0 aliphatic rings. The highest BCUT2D eigenvalue weighted by Crippen LogP contribution is 2.27. The van der Waals surface area contributed by atoms with Gasteiger partial charge in [0.1, 0.15) is 5.76 Å². The molecule has 4 aromatic rings. The van der Waals surface area contributed by atoms with Crippen LogP contribution >= 0.6 is 0 Å². The van der Waals surface area contributed by atoms with Crippen LogP contribution in [0.1, 0.15) is 45.7 Å². The lowest BCUT2D eigenvalue weighted by molar-refractivity contribution is 0.0754. The van der Waals surface area contributed by atoms with Crippen LogP contribution in [0.3, 0.4) is 0 Å². The minimum absolute atomic E-state index is 0.0501. The fourth-order valence-corrected chi connectivity index (χ4v) is 3.83. The molecule has 0 atom stereocenters. The van der Waals surface area contributed by atoms with Gasteiger partial charge in [0.2, 0.25) is 0 Å². The van der Waals surface area contributed by atoms with Crippen molar-refractivity contribution in [1.29, 1.82) is 0 Å². The molecule has 0 saturated heterocycles. The van der Waals surface area contributed by atoms with Gasteiger partial charge in [0.15, 0.2) is 11.0 Å². The highest BCUT2D eigenvalue weighted by atomic mass is 16.3. The molecular weight excluding hydrogens is 440 g/mol. The van der Waals surface area contributed by atoms with Gasteiger partial charge < -0.3 is 14.6 Å². The standard InChI is InChI=1S/C29H28N2O4/c1-18(2)31(4)29(34)22-15-13-20(14-16-22)17-30-28(33)24-12-8-11-23-25(32)19(3)26(35-27(23)24)21-9-6-5-7-10-21/h5-16,18H,17H2,1-4H3,(H,30,33). The number of carbonyl (C=O) groups is 2. The Balaban J connectivity index is 1.58. The maximum absolute atomic E-state index is 13.1. The minimum atomic E-state index is -0.346. The Hall–Kier alpha value is -4.19. The minimum Gasteiger partial charge on any atom is -0.455 e. The molecule has 6 nitrogen and oxygen atoms in total. The van der Waals surface area contributed by atoms with Crippen molar-refractivity contribution in [2.24, 2.45) is 0 Å². The van der Waals surface area contributed by atoms with Crippen molar-refractivity contribution in [3.63, 3.8) is 0 Å². The lowest BCUT2D eigenvalue weighted by Crippen LogP contribution is -2.32. The van der Waals surface area contributed by atoms with Gasteiger partial charge in [-0.15, -0.1) is 0 Å². The van der Waals surface area contributed by atoms with Crippen LogP contribution in [0.4, 0.5) is 0 Å². The highest BCUT2D eigenvalue weighted by Gasteiger charge is 2.18. The lowest BCUT2D eigenvalue weighted by atomic mass is 10.0. The summed E-state index contributed by atoms with van der Waals surface area (Å²) in [6, 6.07) is 21.6. The van der Waals surface area contributed by atoms with Crippen LogP contribution in [0, 0.1) is 6.92 Å². The molecule has 1 heterocycles. The molecule has 3 aromatic carbocycles. The molecule has 6 heteroatoms. The molecule has 1 aromatic heterocycles. The zero-order chi connectivity index (χ0) is 25.1. The second kappa shape index (κ2) is 9.97. The van der Waals surface area contributed by atoms with Crippen LogP contribution in [0.15, 0.2) is 82.0 Å². The first-order valence-electron chi connectivity index (χ1n) is 11.5. The first-order valence-corrected chi connectivity index (χ1v) is 11.5. The van der Waals surface area contributed by atoms with E-state index in [0.717, 1.165) is 11.1 Å². The molecule has 4 rings (SSSR count). The quantitative estimate of drug-likeness (QED) is 0.423. The van der Waals surface area contributed by atoms with Crippen molar-refractivity contribution >= 4 is 22.8 Å². The molecule has 0 spiro atoms. The van der Waals surface area contributed by atoms with E-state index < -0.39 is 0 Å². The van der Waals surface area contributed by atoms with Crippen molar-refractivity contribution in [2.45, 2.75) is 33.4 Å². The fraction of sp³-hybridized carbons (Fsp3) is 0.207. The molecule has 178 valence electrons. The summed E-state index contributed by atoms with van der Waals surface area (Å²) in [6.07, 6.45) is 0. The highest BCUT2D eigenvalue weighted by molar-refractivity contribution is 6.05. The van der Waals surface area contributed by atoms with Crippen molar-refractivity contribution in [3.05, 3.63) is 105 Å². The van der Waals surface area contributed by atoms with Crippen LogP contribution in [-0.4, -0.2) is 29.8 Å². The zero-order valence-electron chi connectivity index (χ0n) is 20.3. The third kappa shape index (κ3) is 4.87. The summed E-state index contributed by atoms with van der Waals surface area (Å²) in [7, 11) is 1.77. The molecule has 35 heavy (non-hydrogen) atoms. The molecule has 2 amide bonds. The van der Waals surface area contributed by atoms with Crippen LogP contribution in [0.2, 0.25) is 0 Å². The SMILES string of the molecule is Cc1c(-c2ccccc2)oc2c(C(=O)NCc3ccc(C(=O)N(C)C(C)C)cc3)cccc2c1=O. The van der Waals surface area contributed by atoms with Gasteiger partial charge in [0.05, 0.1) is 10.9 Å². The average molecular weight is 469 g/mol. The Morgan fingerprint density at radius 2 is 1.63 bits per heavy atom. The van der Waals surface area contributed by atoms with Gasteiger partial charge in [-0.25, -0.2) is 0 Å². The van der Waals surface area contributed by atoms with Gasteiger partial charge in [-0.05, 0) is 50.6 Å². The second-order valence-corrected chi connectivity index (χ2v) is 8.82. The first kappa shape index (κ1) is 24.0. The van der Waals surface area contributed by atoms with Crippen molar-refractivity contribution in [2.75, 3.05) is 7.05 Å². The molecule has 1 N–H and O–H groups in total. The van der Waals surface area contributed by atoms with E-state index in [-0.39, 0.29) is 35.4 Å². The molecular formula is C29H28N2O4. The lowest BCUT2D eigenvalue weighted by Gasteiger charge is -2.21. The number of para-hydroxylation sites is 1. The maximum atomic E-state index is 13.1.